The molecule has 0 aliphatic heterocycles. The standard InChI is InChI=1S/C14H26O11/c1-5(17)13(11(23)9(21)7(19)3-15)25-14(6(2)18)12(24)10(22)8(20)4-16/h7-16,19-24H,3-4H2,1-2H3/t7-,8-,9-,10-,11+,12+,13+,14+/m1/s1. The van der Waals surface area contributed by atoms with E-state index in [2.05, 4.69) is 0 Å². The van der Waals surface area contributed by atoms with Crippen LogP contribution in [0, 0.1) is 0 Å². The topological polar surface area (TPSA) is 205 Å². The Morgan fingerprint density at radius 2 is 0.960 bits per heavy atom. The number of carbonyl (C=O) groups is 2. The Kier molecular flexibility index (Phi) is 10.4. The molecule has 0 aromatic rings. The fourth-order valence-corrected chi connectivity index (χ4v) is 2.02. The van der Waals surface area contributed by atoms with Crippen LogP contribution in [0.1, 0.15) is 13.8 Å². The number of ether oxygens (including phenoxy) is 1. The first kappa shape index (κ1) is 24.0. The van der Waals surface area contributed by atoms with Gasteiger partial charge in [-0.15, -0.1) is 0 Å². The maximum atomic E-state index is 11.7. The molecule has 11 nitrogen and oxygen atoms in total. The second-order valence-electron chi connectivity index (χ2n) is 5.66. The minimum atomic E-state index is -2.06. The predicted octanol–water partition coefficient (Wildman–Crippen LogP) is -4.93. The van der Waals surface area contributed by atoms with Crippen molar-refractivity contribution < 1.29 is 55.2 Å². The lowest BCUT2D eigenvalue weighted by Crippen LogP contribution is -2.55. The molecule has 0 aliphatic rings. The summed E-state index contributed by atoms with van der Waals surface area (Å²) in [6, 6.07) is 0. The van der Waals surface area contributed by atoms with E-state index in [9.17, 15) is 40.2 Å². The number of hydrogen-bond acceptors (Lipinski definition) is 11. The van der Waals surface area contributed by atoms with Gasteiger partial charge in [0.25, 0.3) is 0 Å². The Morgan fingerprint density at radius 1 is 0.680 bits per heavy atom. The molecule has 0 aliphatic carbocycles. The molecule has 0 spiro atoms. The van der Waals surface area contributed by atoms with Gasteiger partial charge in [-0.1, -0.05) is 0 Å². The summed E-state index contributed by atoms with van der Waals surface area (Å²) in [6.07, 6.45) is -15.5. The number of aliphatic hydroxyl groups excluding tert-OH is 8. The van der Waals surface area contributed by atoms with Crippen LogP contribution in [0.5, 0.6) is 0 Å². The molecule has 0 amide bonds. The molecular formula is C14H26O11. The van der Waals surface area contributed by atoms with Gasteiger partial charge >= 0.3 is 0 Å². The number of ketones is 2. The van der Waals surface area contributed by atoms with Crippen LogP contribution < -0.4 is 0 Å². The third kappa shape index (κ3) is 6.66. The normalized spacial score (nSPS) is 21.5. The molecule has 0 saturated heterocycles. The van der Waals surface area contributed by atoms with E-state index in [0.717, 1.165) is 13.8 Å². The minimum absolute atomic E-state index is 0.882. The summed E-state index contributed by atoms with van der Waals surface area (Å²) < 4.78 is 5.02. The largest absolute Gasteiger partial charge is 0.394 e. The maximum absolute atomic E-state index is 11.7. The number of hydrogen-bond donors (Lipinski definition) is 8. The van der Waals surface area contributed by atoms with Gasteiger partial charge in [0.15, 0.2) is 11.6 Å². The zero-order valence-electron chi connectivity index (χ0n) is 13.8. The van der Waals surface area contributed by atoms with E-state index in [1.165, 1.54) is 0 Å². The average Bonchev–Trinajstić information content (AvgIpc) is 2.57. The van der Waals surface area contributed by atoms with Gasteiger partial charge in [0.05, 0.1) is 13.2 Å². The van der Waals surface area contributed by atoms with Gasteiger partial charge in [-0.05, 0) is 13.8 Å². The first-order chi connectivity index (χ1) is 11.5. The molecule has 0 bridgehead atoms. The van der Waals surface area contributed by atoms with Crippen LogP contribution in [0.2, 0.25) is 0 Å². The maximum Gasteiger partial charge on any atom is 0.161 e. The quantitative estimate of drug-likeness (QED) is 0.163. The summed E-state index contributed by atoms with van der Waals surface area (Å²) in [5.41, 5.74) is 0. The summed E-state index contributed by atoms with van der Waals surface area (Å²) >= 11 is 0. The molecule has 0 rings (SSSR count). The lowest BCUT2D eigenvalue weighted by molar-refractivity contribution is -0.188. The third-order valence-electron chi connectivity index (χ3n) is 3.58. The van der Waals surface area contributed by atoms with E-state index >= 15 is 0 Å². The van der Waals surface area contributed by atoms with Crippen molar-refractivity contribution in [3.8, 4) is 0 Å². The van der Waals surface area contributed by atoms with Crippen molar-refractivity contribution in [2.75, 3.05) is 13.2 Å². The van der Waals surface area contributed by atoms with Crippen molar-refractivity contribution in [1.82, 2.24) is 0 Å². The van der Waals surface area contributed by atoms with Crippen LogP contribution in [0.4, 0.5) is 0 Å². The Labute approximate surface area is 143 Å². The van der Waals surface area contributed by atoms with Gasteiger partial charge in [-0.2, -0.15) is 0 Å². The van der Waals surface area contributed by atoms with Gasteiger partial charge in [-0.25, -0.2) is 0 Å². The molecule has 0 radical (unpaired) electrons. The fourth-order valence-electron chi connectivity index (χ4n) is 2.02. The molecule has 0 saturated carbocycles. The lowest BCUT2D eigenvalue weighted by atomic mass is 9.98. The van der Waals surface area contributed by atoms with E-state index in [0.29, 0.717) is 0 Å². The Morgan fingerprint density at radius 3 is 1.16 bits per heavy atom. The summed E-state index contributed by atoms with van der Waals surface area (Å²) in [6.45, 7) is 0.0229. The van der Waals surface area contributed by atoms with Crippen molar-refractivity contribution >= 4 is 11.6 Å². The highest BCUT2D eigenvalue weighted by atomic mass is 16.5. The zero-order chi connectivity index (χ0) is 19.9. The van der Waals surface area contributed by atoms with Crippen LogP contribution in [-0.2, 0) is 14.3 Å². The highest BCUT2D eigenvalue weighted by molar-refractivity contribution is 5.84. The molecule has 8 atom stereocenters. The molecule has 25 heavy (non-hydrogen) atoms. The van der Waals surface area contributed by atoms with Crippen LogP contribution in [-0.4, -0.2) is 114 Å². The number of carbonyl (C=O) groups excluding carboxylic acids is 2. The summed E-state index contributed by atoms with van der Waals surface area (Å²) in [7, 11) is 0. The van der Waals surface area contributed by atoms with E-state index < -0.39 is 73.6 Å². The Hall–Kier alpha value is -1.02. The molecule has 0 unspecified atom stereocenters. The van der Waals surface area contributed by atoms with E-state index in [-0.39, 0.29) is 0 Å². The lowest BCUT2D eigenvalue weighted by Gasteiger charge is -2.33. The molecular weight excluding hydrogens is 344 g/mol. The SMILES string of the molecule is CC(=O)[C@H](O[C@@H](C(C)=O)[C@@H](O)[C@H](O)[C@H](O)CO)[C@@H](O)[C@H](O)[C@H](O)CO. The molecule has 11 heteroatoms. The second kappa shape index (κ2) is 10.9. The Balaban J connectivity index is 5.40. The third-order valence-corrected chi connectivity index (χ3v) is 3.58. The first-order valence-electron chi connectivity index (χ1n) is 7.46. The fraction of sp³-hybridized carbons (Fsp3) is 0.857. The van der Waals surface area contributed by atoms with Crippen molar-refractivity contribution in [1.29, 1.82) is 0 Å². The first-order valence-corrected chi connectivity index (χ1v) is 7.46. The van der Waals surface area contributed by atoms with Crippen LogP contribution in [0.3, 0.4) is 0 Å². The van der Waals surface area contributed by atoms with Crippen LogP contribution in [0.25, 0.3) is 0 Å². The van der Waals surface area contributed by atoms with Gasteiger partial charge in [0.1, 0.15) is 48.8 Å². The van der Waals surface area contributed by atoms with E-state index in [1.54, 1.807) is 0 Å². The van der Waals surface area contributed by atoms with E-state index in [1.807, 2.05) is 0 Å². The number of Topliss-reactive ketones (excluding diaryl/α,β-unsaturated/α-hetero) is 2. The van der Waals surface area contributed by atoms with Gasteiger partial charge < -0.3 is 45.6 Å². The molecule has 0 aromatic heterocycles. The molecule has 0 heterocycles. The smallest absolute Gasteiger partial charge is 0.161 e. The highest BCUT2D eigenvalue weighted by Crippen LogP contribution is 2.17. The number of aliphatic hydroxyl groups is 8. The van der Waals surface area contributed by atoms with E-state index in [4.69, 9.17) is 14.9 Å². The molecule has 0 fully saturated rings. The van der Waals surface area contributed by atoms with Crippen LogP contribution in [0.15, 0.2) is 0 Å². The zero-order valence-corrected chi connectivity index (χ0v) is 13.8. The van der Waals surface area contributed by atoms with Crippen LogP contribution >= 0.6 is 0 Å². The summed E-state index contributed by atoms with van der Waals surface area (Å²) in [5, 5.41) is 75.4. The minimum Gasteiger partial charge on any atom is -0.394 e. The Bertz CT molecular complexity index is 391. The molecule has 8 N–H and O–H groups in total. The molecule has 0 aromatic carbocycles. The highest BCUT2D eigenvalue weighted by Gasteiger charge is 2.41. The van der Waals surface area contributed by atoms with Crippen molar-refractivity contribution in [3.63, 3.8) is 0 Å². The van der Waals surface area contributed by atoms with Gasteiger partial charge in [-0.3, -0.25) is 9.59 Å². The van der Waals surface area contributed by atoms with Crippen molar-refractivity contribution in [2.24, 2.45) is 0 Å². The summed E-state index contributed by atoms with van der Waals surface area (Å²) in [5.74, 6) is -1.76. The van der Waals surface area contributed by atoms with Crippen molar-refractivity contribution in [2.45, 2.75) is 62.7 Å². The van der Waals surface area contributed by atoms with Gasteiger partial charge in [0, 0.05) is 0 Å². The van der Waals surface area contributed by atoms with Crippen molar-refractivity contribution in [3.05, 3.63) is 0 Å². The molecule has 148 valence electrons. The number of rotatable bonds is 12. The monoisotopic (exact) mass is 370 g/mol. The second-order valence-corrected chi connectivity index (χ2v) is 5.66. The van der Waals surface area contributed by atoms with Gasteiger partial charge in [0.2, 0.25) is 0 Å². The predicted molar refractivity (Wildman–Crippen MR) is 80.2 cm³/mol. The average molecular weight is 370 g/mol. The summed E-state index contributed by atoms with van der Waals surface area (Å²) in [4.78, 5) is 23.3.